The van der Waals surface area contributed by atoms with Crippen molar-refractivity contribution in [1.29, 1.82) is 0 Å². The van der Waals surface area contributed by atoms with Crippen molar-refractivity contribution in [1.82, 2.24) is 10.6 Å². The van der Waals surface area contributed by atoms with Gasteiger partial charge in [-0.1, -0.05) is 32.6 Å². The van der Waals surface area contributed by atoms with E-state index in [2.05, 4.69) is 17.6 Å². The molecule has 0 heterocycles. The van der Waals surface area contributed by atoms with Crippen molar-refractivity contribution < 1.29 is 14.7 Å². The molecule has 2 rings (SSSR count). The summed E-state index contributed by atoms with van der Waals surface area (Å²) in [6, 6.07) is 0.0179. The highest BCUT2D eigenvalue weighted by Crippen LogP contribution is 2.37. The molecule has 0 aromatic heterocycles. The Morgan fingerprint density at radius 2 is 1.80 bits per heavy atom. The van der Waals surface area contributed by atoms with Gasteiger partial charge in [0.1, 0.15) is 0 Å². The summed E-state index contributed by atoms with van der Waals surface area (Å²) in [5, 5.41) is 15.2. The van der Waals surface area contributed by atoms with Gasteiger partial charge in [-0.15, -0.1) is 0 Å². The lowest BCUT2D eigenvalue weighted by atomic mass is 9.85. The first-order chi connectivity index (χ1) is 9.53. The second kappa shape index (κ2) is 6.46. The smallest absolute Gasteiger partial charge is 0.315 e. The van der Waals surface area contributed by atoms with Gasteiger partial charge in [0.2, 0.25) is 0 Å². The van der Waals surface area contributed by atoms with E-state index in [0.29, 0.717) is 18.8 Å². The number of carboxylic acid groups (broad SMARTS) is 1. The van der Waals surface area contributed by atoms with Gasteiger partial charge in [0.15, 0.2) is 0 Å². The highest BCUT2D eigenvalue weighted by atomic mass is 16.4. The molecule has 0 aromatic rings. The minimum absolute atomic E-state index is 0.212. The van der Waals surface area contributed by atoms with Crippen LogP contribution in [-0.2, 0) is 4.79 Å². The average Bonchev–Trinajstić information content (AvgIpc) is 2.89. The Bertz CT molecular complexity index is 364. The molecule has 2 saturated carbocycles. The zero-order chi connectivity index (χ0) is 14.6. The summed E-state index contributed by atoms with van der Waals surface area (Å²) in [6.07, 6.45) is 7.80. The molecule has 20 heavy (non-hydrogen) atoms. The van der Waals surface area contributed by atoms with Gasteiger partial charge in [-0.05, 0) is 31.6 Å². The van der Waals surface area contributed by atoms with E-state index >= 15 is 0 Å². The lowest BCUT2D eigenvalue weighted by molar-refractivity contribution is -0.148. The molecule has 2 amide bonds. The fourth-order valence-corrected chi connectivity index (χ4v) is 3.52. The standard InChI is InChI=1S/C15H26N2O3/c1-11-6-2-3-7-12(11)17-14(20)16-10-15(13(18)19)8-4-5-9-15/h11-12H,2-10H2,1H3,(H,18,19)(H2,16,17,20). The highest BCUT2D eigenvalue weighted by molar-refractivity contribution is 5.78. The number of nitrogens with one attached hydrogen (secondary N) is 2. The summed E-state index contributed by atoms with van der Waals surface area (Å²) in [4.78, 5) is 23.4. The molecule has 2 atom stereocenters. The Hall–Kier alpha value is -1.26. The van der Waals surface area contributed by atoms with Crippen molar-refractivity contribution in [3.63, 3.8) is 0 Å². The van der Waals surface area contributed by atoms with Crippen LogP contribution in [0.2, 0.25) is 0 Å². The number of aliphatic carboxylic acids is 1. The van der Waals surface area contributed by atoms with Crippen molar-refractivity contribution in [3.8, 4) is 0 Å². The topological polar surface area (TPSA) is 78.4 Å². The minimum atomic E-state index is -0.777. The zero-order valence-corrected chi connectivity index (χ0v) is 12.3. The molecule has 0 radical (unpaired) electrons. The number of hydrogen-bond donors (Lipinski definition) is 3. The third kappa shape index (κ3) is 3.44. The van der Waals surface area contributed by atoms with E-state index in [0.717, 1.165) is 32.1 Å². The van der Waals surface area contributed by atoms with Crippen LogP contribution in [-0.4, -0.2) is 29.7 Å². The summed E-state index contributed by atoms with van der Waals surface area (Å²) in [7, 11) is 0. The Labute approximate surface area is 120 Å². The molecular formula is C15H26N2O3. The lowest BCUT2D eigenvalue weighted by Gasteiger charge is -2.30. The van der Waals surface area contributed by atoms with Gasteiger partial charge in [-0.25, -0.2) is 4.79 Å². The van der Waals surface area contributed by atoms with E-state index in [4.69, 9.17) is 0 Å². The van der Waals surface area contributed by atoms with E-state index < -0.39 is 11.4 Å². The molecule has 0 saturated heterocycles. The quantitative estimate of drug-likeness (QED) is 0.741. The molecule has 2 unspecified atom stereocenters. The molecule has 114 valence electrons. The summed E-state index contributed by atoms with van der Waals surface area (Å²) in [6.45, 7) is 2.41. The number of hydrogen-bond acceptors (Lipinski definition) is 2. The lowest BCUT2D eigenvalue weighted by Crippen LogP contribution is -2.49. The first kappa shape index (κ1) is 15.1. The number of urea groups is 1. The minimum Gasteiger partial charge on any atom is -0.481 e. The Morgan fingerprint density at radius 1 is 1.15 bits per heavy atom. The molecule has 0 spiro atoms. The van der Waals surface area contributed by atoms with Gasteiger partial charge in [0.05, 0.1) is 5.41 Å². The number of carbonyl (C=O) groups is 2. The third-order valence-electron chi connectivity index (χ3n) is 5.03. The normalized spacial score (nSPS) is 28.9. The molecule has 5 nitrogen and oxygen atoms in total. The van der Waals surface area contributed by atoms with Crippen LogP contribution < -0.4 is 10.6 Å². The number of carboxylic acids is 1. The van der Waals surface area contributed by atoms with Crippen LogP contribution in [0.15, 0.2) is 0 Å². The molecule has 5 heteroatoms. The van der Waals surface area contributed by atoms with Crippen molar-refractivity contribution >= 4 is 12.0 Å². The van der Waals surface area contributed by atoms with Crippen molar-refractivity contribution in [2.24, 2.45) is 11.3 Å². The van der Waals surface area contributed by atoms with E-state index in [9.17, 15) is 14.7 Å². The predicted octanol–water partition coefficient (Wildman–Crippen LogP) is 2.51. The Kier molecular flexibility index (Phi) is 4.89. The summed E-state index contributed by atoms with van der Waals surface area (Å²) < 4.78 is 0. The average molecular weight is 282 g/mol. The van der Waals surface area contributed by atoms with Gasteiger partial charge in [0.25, 0.3) is 0 Å². The molecule has 0 aromatic carbocycles. The summed E-state index contributed by atoms with van der Waals surface area (Å²) in [5.74, 6) is -0.268. The monoisotopic (exact) mass is 282 g/mol. The second-order valence-corrected chi connectivity index (χ2v) is 6.49. The van der Waals surface area contributed by atoms with Crippen LogP contribution in [0.25, 0.3) is 0 Å². The first-order valence-electron chi connectivity index (χ1n) is 7.81. The van der Waals surface area contributed by atoms with E-state index in [1.807, 2.05) is 0 Å². The summed E-state index contributed by atoms with van der Waals surface area (Å²) >= 11 is 0. The van der Waals surface area contributed by atoms with Gasteiger partial charge < -0.3 is 15.7 Å². The van der Waals surface area contributed by atoms with Crippen LogP contribution in [0, 0.1) is 11.3 Å². The van der Waals surface area contributed by atoms with Gasteiger partial charge in [0, 0.05) is 12.6 Å². The van der Waals surface area contributed by atoms with Crippen molar-refractivity contribution in [2.75, 3.05) is 6.54 Å². The number of rotatable bonds is 4. The molecule has 0 aliphatic heterocycles. The maximum Gasteiger partial charge on any atom is 0.315 e. The van der Waals surface area contributed by atoms with Crippen molar-refractivity contribution in [2.45, 2.75) is 64.3 Å². The van der Waals surface area contributed by atoms with Crippen LogP contribution in [0.3, 0.4) is 0 Å². The highest BCUT2D eigenvalue weighted by Gasteiger charge is 2.41. The van der Waals surface area contributed by atoms with Gasteiger partial charge >= 0.3 is 12.0 Å². The first-order valence-corrected chi connectivity index (χ1v) is 7.81. The van der Waals surface area contributed by atoms with Crippen LogP contribution in [0.4, 0.5) is 4.79 Å². The largest absolute Gasteiger partial charge is 0.481 e. The molecule has 2 fully saturated rings. The molecule has 0 bridgehead atoms. The predicted molar refractivity (Wildman–Crippen MR) is 76.5 cm³/mol. The number of amides is 2. The number of carbonyl (C=O) groups excluding carboxylic acids is 1. The van der Waals surface area contributed by atoms with Crippen LogP contribution in [0.1, 0.15) is 58.3 Å². The maximum atomic E-state index is 12.0. The van der Waals surface area contributed by atoms with E-state index in [-0.39, 0.29) is 18.6 Å². The Morgan fingerprint density at radius 3 is 2.40 bits per heavy atom. The molecule has 2 aliphatic rings. The fraction of sp³-hybridized carbons (Fsp3) is 0.867. The Balaban J connectivity index is 1.81. The van der Waals surface area contributed by atoms with Crippen LogP contribution in [0.5, 0.6) is 0 Å². The molecule has 3 N–H and O–H groups in total. The zero-order valence-electron chi connectivity index (χ0n) is 12.3. The van der Waals surface area contributed by atoms with Gasteiger partial charge in [-0.3, -0.25) is 4.79 Å². The van der Waals surface area contributed by atoms with E-state index in [1.165, 1.54) is 6.42 Å². The van der Waals surface area contributed by atoms with Crippen molar-refractivity contribution in [3.05, 3.63) is 0 Å². The maximum absolute atomic E-state index is 12.0. The molecule has 2 aliphatic carbocycles. The van der Waals surface area contributed by atoms with Crippen LogP contribution >= 0.6 is 0 Å². The molecular weight excluding hydrogens is 256 g/mol. The third-order valence-corrected chi connectivity index (χ3v) is 5.03. The van der Waals surface area contributed by atoms with E-state index in [1.54, 1.807) is 0 Å². The SMILES string of the molecule is CC1CCCCC1NC(=O)NCC1(C(=O)O)CCCC1. The van der Waals surface area contributed by atoms with Gasteiger partial charge in [-0.2, -0.15) is 0 Å². The summed E-state index contributed by atoms with van der Waals surface area (Å²) in [5.41, 5.74) is -0.741. The second-order valence-electron chi connectivity index (χ2n) is 6.49. The fourth-order valence-electron chi connectivity index (χ4n) is 3.52.